The minimum Gasteiger partial charge on any atom is -0.378 e. The van der Waals surface area contributed by atoms with E-state index in [2.05, 4.69) is 64.2 Å². The van der Waals surface area contributed by atoms with Gasteiger partial charge in [0.1, 0.15) is 0 Å². The molecular weight excluding hydrogens is 491 g/mol. The molecular formula is C25H26Cl2N4S2. The molecule has 0 atom stereocenters. The molecule has 172 valence electrons. The number of thiazole rings is 1. The van der Waals surface area contributed by atoms with Gasteiger partial charge in [-0.15, -0.1) is 11.8 Å². The highest BCUT2D eigenvalue weighted by molar-refractivity contribution is 8.01. The van der Waals surface area contributed by atoms with Gasteiger partial charge in [0.15, 0.2) is 0 Å². The van der Waals surface area contributed by atoms with E-state index in [-0.39, 0.29) is 0 Å². The lowest BCUT2D eigenvalue weighted by Crippen LogP contribution is -2.08. The summed E-state index contributed by atoms with van der Waals surface area (Å²) < 4.78 is 3.02. The van der Waals surface area contributed by atoms with Crippen molar-refractivity contribution in [2.24, 2.45) is 0 Å². The van der Waals surface area contributed by atoms with Crippen molar-refractivity contribution < 1.29 is 0 Å². The SMILES string of the molecule is Cc1cc(-c2cn(-c3nc(-c4ccc(Cl)c(Cl)c4)c(SC(C)C)s3)nc2C)cc(N(C)C)c1. The highest BCUT2D eigenvalue weighted by Gasteiger charge is 2.19. The summed E-state index contributed by atoms with van der Waals surface area (Å²) >= 11 is 15.9. The van der Waals surface area contributed by atoms with Gasteiger partial charge in [-0.05, 0) is 49.2 Å². The maximum Gasteiger partial charge on any atom is 0.211 e. The molecule has 33 heavy (non-hydrogen) atoms. The quantitative estimate of drug-likeness (QED) is 0.242. The van der Waals surface area contributed by atoms with Gasteiger partial charge >= 0.3 is 0 Å². The number of rotatable bonds is 6. The van der Waals surface area contributed by atoms with Crippen LogP contribution in [0.2, 0.25) is 10.0 Å². The number of aromatic nitrogens is 3. The van der Waals surface area contributed by atoms with E-state index in [9.17, 15) is 0 Å². The fourth-order valence-corrected chi connectivity index (χ4v) is 6.28. The highest BCUT2D eigenvalue weighted by atomic mass is 35.5. The fraction of sp³-hybridized carbons (Fsp3) is 0.280. The van der Waals surface area contributed by atoms with E-state index in [1.54, 1.807) is 23.1 Å². The first-order valence-electron chi connectivity index (χ1n) is 10.6. The highest BCUT2D eigenvalue weighted by Crippen LogP contribution is 2.41. The van der Waals surface area contributed by atoms with Crippen LogP contribution in [0.3, 0.4) is 0 Å². The Bertz CT molecular complexity index is 1310. The summed E-state index contributed by atoms with van der Waals surface area (Å²) in [5.74, 6) is 0. The van der Waals surface area contributed by atoms with E-state index in [1.165, 1.54) is 11.3 Å². The van der Waals surface area contributed by atoms with Gasteiger partial charge in [-0.2, -0.15) is 5.10 Å². The number of anilines is 1. The third kappa shape index (κ3) is 5.24. The second-order valence-corrected chi connectivity index (χ2v) is 12.1. The standard InChI is InChI=1S/C25H26Cl2N4S2/c1-14(2)32-24-23(17-7-8-21(26)22(27)12-17)28-25(33-24)31-13-20(16(4)29-31)18-9-15(3)10-19(11-18)30(5)6/h7-14H,1-6H3. The van der Waals surface area contributed by atoms with Crippen LogP contribution in [-0.2, 0) is 0 Å². The van der Waals surface area contributed by atoms with Crippen molar-refractivity contribution in [3.8, 4) is 27.5 Å². The molecule has 0 saturated carbocycles. The van der Waals surface area contributed by atoms with Crippen LogP contribution in [0.25, 0.3) is 27.5 Å². The van der Waals surface area contributed by atoms with E-state index in [0.717, 1.165) is 37.4 Å². The van der Waals surface area contributed by atoms with Crippen LogP contribution >= 0.6 is 46.3 Å². The Morgan fingerprint density at radius 3 is 2.42 bits per heavy atom. The summed E-state index contributed by atoms with van der Waals surface area (Å²) in [6.07, 6.45) is 2.07. The van der Waals surface area contributed by atoms with Crippen LogP contribution in [0.1, 0.15) is 25.1 Å². The predicted molar refractivity (Wildman–Crippen MR) is 145 cm³/mol. The molecule has 0 radical (unpaired) electrons. The summed E-state index contributed by atoms with van der Waals surface area (Å²) in [6, 6.07) is 12.2. The van der Waals surface area contributed by atoms with Crippen LogP contribution < -0.4 is 4.90 Å². The third-order valence-corrected chi connectivity index (χ3v) is 8.10. The summed E-state index contributed by atoms with van der Waals surface area (Å²) in [5.41, 5.74) is 7.47. The fourth-order valence-electron chi connectivity index (χ4n) is 3.53. The van der Waals surface area contributed by atoms with E-state index in [4.69, 9.17) is 33.3 Å². The number of aryl methyl sites for hydroxylation is 2. The van der Waals surface area contributed by atoms with Gasteiger partial charge in [-0.3, -0.25) is 0 Å². The monoisotopic (exact) mass is 516 g/mol. The van der Waals surface area contributed by atoms with Gasteiger partial charge in [0, 0.05) is 42.4 Å². The summed E-state index contributed by atoms with van der Waals surface area (Å²) in [4.78, 5) is 7.10. The Balaban J connectivity index is 1.79. The van der Waals surface area contributed by atoms with E-state index < -0.39 is 0 Å². The molecule has 0 aliphatic heterocycles. The maximum atomic E-state index is 6.30. The van der Waals surface area contributed by atoms with Crippen molar-refractivity contribution in [2.75, 3.05) is 19.0 Å². The number of thioether (sulfide) groups is 1. The lowest BCUT2D eigenvalue weighted by atomic mass is 10.0. The van der Waals surface area contributed by atoms with Gasteiger partial charge in [0.25, 0.3) is 0 Å². The first kappa shape index (κ1) is 24.1. The van der Waals surface area contributed by atoms with Crippen LogP contribution in [0.4, 0.5) is 5.69 Å². The molecule has 0 saturated heterocycles. The largest absolute Gasteiger partial charge is 0.378 e. The van der Waals surface area contributed by atoms with Gasteiger partial charge in [0.05, 0.1) is 25.6 Å². The lowest BCUT2D eigenvalue weighted by molar-refractivity contribution is 0.853. The Morgan fingerprint density at radius 1 is 1.00 bits per heavy atom. The maximum absolute atomic E-state index is 6.30. The molecule has 4 rings (SSSR count). The molecule has 4 nitrogen and oxygen atoms in total. The topological polar surface area (TPSA) is 34.0 Å². The van der Waals surface area contributed by atoms with Crippen molar-refractivity contribution in [3.05, 3.63) is 63.9 Å². The molecule has 0 unspecified atom stereocenters. The smallest absolute Gasteiger partial charge is 0.211 e. The number of hydrogen-bond acceptors (Lipinski definition) is 5. The molecule has 4 aromatic rings. The minimum absolute atomic E-state index is 0.423. The van der Waals surface area contributed by atoms with E-state index in [0.29, 0.717) is 15.3 Å². The molecule has 0 amide bonds. The molecule has 0 N–H and O–H groups in total. The first-order chi connectivity index (χ1) is 15.6. The zero-order valence-electron chi connectivity index (χ0n) is 19.5. The first-order valence-corrected chi connectivity index (χ1v) is 13.1. The normalized spacial score (nSPS) is 11.4. The summed E-state index contributed by atoms with van der Waals surface area (Å²) in [6.45, 7) is 8.52. The third-order valence-electron chi connectivity index (χ3n) is 5.10. The Hall–Kier alpha value is -1.99. The Labute approximate surface area is 213 Å². The number of halogens is 2. The van der Waals surface area contributed by atoms with Crippen molar-refractivity contribution in [1.29, 1.82) is 0 Å². The van der Waals surface area contributed by atoms with Gasteiger partial charge in [0.2, 0.25) is 5.13 Å². The molecule has 2 heterocycles. The minimum atomic E-state index is 0.423. The van der Waals surface area contributed by atoms with Gasteiger partial charge in [-0.25, -0.2) is 9.67 Å². The predicted octanol–water partition coefficient (Wildman–Crippen LogP) is 8.15. The van der Waals surface area contributed by atoms with Crippen molar-refractivity contribution in [1.82, 2.24) is 14.8 Å². The van der Waals surface area contributed by atoms with Crippen molar-refractivity contribution in [2.45, 2.75) is 37.2 Å². The second kappa shape index (κ2) is 9.71. The molecule has 0 spiro atoms. The van der Waals surface area contributed by atoms with Crippen LogP contribution in [0.15, 0.2) is 46.8 Å². The summed E-state index contributed by atoms with van der Waals surface area (Å²) in [5, 5.41) is 7.13. The molecule has 8 heteroatoms. The van der Waals surface area contributed by atoms with Crippen molar-refractivity contribution >= 4 is 52.0 Å². The molecule has 0 fully saturated rings. The van der Waals surface area contributed by atoms with Gasteiger partial charge < -0.3 is 4.90 Å². The molecule has 0 aliphatic carbocycles. The molecule has 0 aliphatic rings. The number of nitrogens with zero attached hydrogens (tertiary/aromatic N) is 4. The molecule has 0 bridgehead atoms. The van der Waals surface area contributed by atoms with Gasteiger partial charge in [-0.1, -0.05) is 60.5 Å². The Morgan fingerprint density at radius 2 is 1.76 bits per heavy atom. The van der Waals surface area contributed by atoms with Crippen LogP contribution in [0, 0.1) is 13.8 Å². The number of hydrogen-bond donors (Lipinski definition) is 0. The zero-order valence-corrected chi connectivity index (χ0v) is 22.6. The second-order valence-electron chi connectivity index (χ2n) is 8.45. The average molecular weight is 518 g/mol. The summed E-state index contributed by atoms with van der Waals surface area (Å²) in [7, 11) is 4.12. The number of benzene rings is 2. The van der Waals surface area contributed by atoms with E-state index >= 15 is 0 Å². The van der Waals surface area contributed by atoms with Crippen LogP contribution in [0.5, 0.6) is 0 Å². The molecule has 2 aromatic heterocycles. The molecule has 2 aromatic carbocycles. The van der Waals surface area contributed by atoms with Crippen molar-refractivity contribution in [3.63, 3.8) is 0 Å². The Kier molecular flexibility index (Phi) is 7.10. The zero-order chi connectivity index (χ0) is 23.9. The van der Waals surface area contributed by atoms with Crippen LogP contribution in [-0.4, -0.2) is 34.1 Å². The van der Waals surface area contributed by atoms with E-state index in [1.807, 2.05) is 29.8 Å². The lowest BCUT2D eigenvalue weighted by Gasteiger charge is -2.15. The average Bonchev–Trinajstić information content (AvgIpc) is 3.32.